The summed E-state index contributed by atoms with van der Waals surface area (Å²) >= 11 is 2.24. The van der Waals surface area contributed by atoms with Gasteiger partial charge in [0.25, 0.3) is 5.91 Å². The van der Waals surface area contributed by atoms with Crippen LogP contribution in [0.3, 0.4) is 0 Å². The molecule has 2 rings (SSSR count). The number of nitrogens with zero attached hydrogens (tertiary/aromatic N) is 2. The van der Waals surface area contributed by atoms with E-state index in [2.05, 4.69) is 41.3 Å². The molecule has 4 heteroatoms. The normalized spacial score (nSPS) is 21.1. The molecule has 1 unspecified atom stereocenters. The monoisotopic (exact) mass is 358 g/mol. The molecule has 0 saturated carbocycles. The minimum Gasteiger partial charge on any atom is -0.336 e. The van der Waals surface area contributed by atoms with Crippen LogP contribution in [0.15, 0.2) is 24.3 Å². The molecule has 1 saturated heterocycles. The Bertz CT molecular complexity index is 436. The minimum atomic E-state index is 0.163. The molecule has 1 aliphatic rings. The third-order valence-electron chi connectivity index (χ3n) is 3.53. The van der Waals surface area contributed by atoms with Crippen LogP contribution < -0.4 is 0 Å². The van der Waals surface area contributed by atoms with Gasteiger partial charge in [0.05, 0.1) is 0 Å². The van der Waals surface area contributed by atoms with Crippen molar-refractivity contribution >= 4 is 28.5 Å². The lowest BCUT2D eigenvalue weighted by Crippen LogP contribution is -2.53. The Labute approximate surface area is 122 Å². The second kappa shape index (κ2) is 6.02. The van der Waals surface area contributed by atoms with Crippen LogP contribution in [0.4, 0.5) is 0 Å². The Morgan fingerprint density at radius 3 is 2.83 bits per heavy atom. The first-order valence-corrected chi connectivity index (χ1v) is 7.48. The van der Waals surface area contributed by atoms with Crippen LogP contribution in [0.5, 0.6) is 0 Å². The predicted octanol–water partition coefficient (Wildman–Crippen LogP) is 2.46. The summed E-state index contributed by atoms with van der Waals surface area (Å²) in [6, 6.07) is 8.27. The van der Waals surface area contributed by atoms with Gasteiger partial charge in [0.1, 0.15) is 0 Å². The summed E-state index contributed by atoms with van der Waals surface area (Å²) in [5, 5.41) is 0. The van der Waals surface area contributed by atoms with Gasteiger partial charge in [-0.3, -0.25) is 9.69 Å². The first kappa shape index (κ1) is 13.8. The molecule has 0 aromatic heterocycles. The van der Waals surface area contributed by atoms with E-state index in [0.29, 0.717) is 6.04 Å². The molecule has 0 spiro atoms. The fraction of sp³-hybridized carbons (Fsp3) is 0.500. The van der Waals surface area contributed by atoms with Gasteiger partial charge in [0, 0.05) is 34.8 Å². The molecule has 0 radical (unpaired) electrons. The van der Waals surface area contributed by atoms with Gasteiger partial charge in [-0.25, -0.2) is 0 Å². The number of benzene rings is 1. The standard InChI is InChI=1S/C14H19IN2O/c1-3-16-7-8-17(10-11(16)2)14(18)12-5-4-6-13(15)9-12/h4-6,9,11H,3,7-8,10H2,1-2H3. The Hall–Kier alpha value is -0.620. The third-order valence-corrected chi connectivity index (χ3v) is 4.20. The maximum atomic E-state index is 12.4. The fourth-order valence-corrected chi connectivity index (χ4v) is 3.00. The van der Waals surface area contributed by atoms with Crippen LogP contribution in [0.25, 0.3) is 0 Å². The highest BCUT2D eigenvalue weighted by Crippen LogP contribution is 2.14. The summed E-state index contributed by atoms with van der Waals surface area (Å²) in [5.41, 5.74) is 0.805. The molecule has 1 aromatic carbocycles. The topological polar surface area (TPSA) is 23.6 Å². The smallest absolute Gasteiger partial charge is 0.253 e. The lowest BCUT2D eigenvalue weighted by atomic mass is 10.1. The minimum absolute atomic E-state index is 0.163. The molecule has 98 valence electrons. The second-order valence-corrected chi connectivity index (χ2v) is 5.98. The largest absolute Gasteiger partial charge is 0.336 e. The van der Waals surface area contributed by atoms with Gasteiger partial charge in [-0.15, -0.1) is 0 Å². The molecule has 1 amide bonds. The van der Waals surface area contributed by atoms with E-state index >= 15 is 0 Å². The van der Waals surface area contributed by atoms with Crippen LogP contribution in [0.1, 0.15) is 24.2 Å². The maximum absolute atomic E-state index is 12.4. The van der Waals surface area contributed by atoms with Gasteiger partial charge in [0.15, 0.2) is 0 Å². The van der Waals surface area contributed by atoms with Gasteiger partial charge in [-0.1, -0.05) is 13.0 Å². The number of hydrogen-bond donors (Lipinski definition) is 0. The molecule has 0 bridgehead atoms. The van der Waals surface area contributed by atoms with Crippen molar-refractivity contribution in [3.63, 3.8) is 0 Å². The van der Waals surface area contributed by atoms with E-state index in [9.17, 15) is 4.79 Å². The Balaban J connectivity index is 2.07. The zero-order valence-corrected chi connectivity index (χ0v) is 13.1. The Morgan fingerprint density at radius 2 is 2.22 bits per heavy atom. The van der Waals surface area contributed by atoms with E-state index in [0.717, 1.165) is 35.3 Å². The highest BCUT2D eigenvalue weighted by Gasteiger charge is 2.26. The fourth-order valence-electron chi connectivity index (χ4n) is 2.45. The van der Waals surface area contributed by atoms with Gasteiger partial charge < -0.3 is 4.90 Å². The molecular weight excluding hydrogens is 339 g/mol. The first-order valence-electron chi connectivity index (χ1n) is 6.40. The van der Waals surface area contributed by atoms with Crippen molar-refractivity contribution in [2.24, 2.45) is 0 Å². The van der Waals surface area contributed by atoms with Crippen molar-refractivity contribution < 1.29 is 4.79 Å². The van der Waals surface area contributed by atoms with E-state index < -0.39 is 0 Å². The maximum Gasteiger partial charge on any atom is 0.253 e. The molecule has 0 aliphatic carbocycles. The molecular formula is C14H19IN2O. The Morgan fingerprint density at radius 1 is 1.44 bits per heavy atom. The third kappa shape index (κ3) is 3.03. The van der Waals surface area contributed by atoms with Crippen LogP contribution in [-0.4, -0.2) is 47.9 Å². The number of rotatable bonds is 2. The lowest BCUT2D eigenvalue weighted by Gasteiger charge is -2.39. The van der Waals surface area contributed by atoms with E-state index in [1.54, 1.807) is 0 Å². The van der Waals surface area contributed by atoms with Crippen molar-refractivity contribution in [3.05, 3.63) is 33.4 Å². The van der Waals surface area contributed by atoms with Crippen molar-refractivity contribution in [1.29, 1.82) is 0 Å². The predicted molar refractivity (Wildman–Crippen MR) is 81.8 cm³/mol. The highest BCUT2D eigenvalue weighted by atomic mass is 127. The zero-order valence-electron chi connectivity index (χ0n) is 10.9. The second-order valence-electron chi connectivity index (χ2n) is 4.74. The van der Waals surface area contributed by atoms with Crippen molar-refractivity contribution in [2.75, 3.05) is 26.2 Å². The Kier molecular flexibility index (Phi) is 4.61. The van der Waals surface area contributed by atoms with E-state index in [1.807, 2.05) is 29.2 Å². The zero-order chi connectivity index (χ0) is 13.1. The summed E-state index contributed by atoms with van der Waals surface area (Å²) in [6.45, 7) is 8.08. The average Bonchev–Trinajstić information content (AvgIpc) is 2.37. The summed E-state index contributed by atoms with van der Waals surface area (Å²) in [4.78, 5) is 16.8. The first-order chi connectivity index (χ1) is 8.61. The summed E-state index contributed by atoms with van der Waals surface area (Å²) in [7, 11) is 0. The number of carbonyl (C=O) groups is 1. The van der Waals surface area contributed by atoms with Crippen molar-refractivity contribution in [2.45, 2.75) is 19.9 Å². The summed E-state index contributed by atoms with van der Waals surface area (Å²) in [5.74, 6) is 0.163. The van der Waals surface area contributed by atoms with Crippen LogP contribution in [0, 0.1) is 3.57 Å². The number of likely N-dealkylation sites (N-methyl/N-ethyl adjacent to an activating group) is 1. The van der Waals surface area contributed by atoms with E-state index in [-0.39, 0.29) is 5.91 Å². The number of halogens is 1. The molecule has 1 heterocycles. The molecule has 1 atom stereocenters. The van der Waals surface area contributed by atoms with Crippen LogP contribution >= 0.6 is 22.6 Å². The highest BCUT2D eigenvalue weighted by molar-refractivity contribution is 14.1. The molecule has 0 N–H and O–H groups in total. The summed E-state index contributed by atoms with van der Waals surface area (Å²) in [6.07, 6.45) is 0. The molecule has 3 nitrogen and oxygen atoms in total. The van der Waals surface area contributed by atoms with Crippen molar-refractivity contribution in [1.82, 2.24) is 9.80 Å². The number of piperazine rings is 1. The molecule has 18 heavy (non-hydrogen) atoms. The SMILES string of the molecule is CCN1CCN(C(=O)c2cccc(I)c2)CC1C. The average molecular weight is 358 g/mol. The van der Waals surface area contributed by atoms with Gasteiger partial charge in [0.2, 0.25) is 0 Å². The molecule has 1 aliphatic heterocycles. The van der Waals surface area contributed by atoms with Gasteiger partial charge in [-0.2, -0.15) is 0 Å². The van der Waals surface area contributed by atoms with Gasteiger partial charge >= 0.3 is 0 Å². The number of carbonyl (C=O) groups excluding carboxylic acids is 1. The summed E-state index contributed by atoms with van der Waals surface area (Å²) < 4.78 is 1.11. The molecule has 1 fully saturated rings. The number of amides is 1. The van der Waals surface area contributed by atoms with E-state index in [4.69, 9.17) is 0 Å². The van der Waals surface area contributed by atoms with Crippen molar-refractivity contribution in [3.8, 4) is 0 Å². The van der Waals surface area contributed by atoms with Crippen LogP contribution in [0.2, 0.25) is 0 Å². The van der Waals surface area contributed by atoms with Gasteiger partial charge in [-0.05, 0) is 54.3 Å². The lowest BCUT2D eigenvalue weighted by molar-refractivity contribution is 0.0528. The van der Waals surface area contributed by atoms with Crippen LogP contribution in [-0.2, 0) is 0 Å². The molecule has 1 aromatic rings. The number of hydrogen-bond acceptors (Lipinski definition) is 2. The quantitative estimate of drug-likeness (QED) is 0.759. The van der Waals surface area contributed by atoms with E-state index in [1.165, 1.54) is 0 Å².